The van der Waals surface area contributed by atoms with Crippen LogP contribution in [0, 0.1) is 0 Å². The van der Waals surface area contributed by atoms with E-state index in [0.717, 1.165) is 11.2 Å². The van der Waals surface area contributed by atoms with Crippen LogP contribution in [0.25, 0.3) is 10.9 Å². The molecule has 0 fully saturated rings. The Bertz CT molecular complexity index is 812. The first-order valence-electron chi connectivity index (χ1n) is 6.68. The quantitative estimate of drug-likeness (QED) is 0.805. The van der Waals surface area contributed by atoms with E-state index in [1.165, 1.54) is 6.20 Å². The number of anilines is 1. The van der Waals surface area contributed by atoms with Gasteiger partial charge in [-0.05, 0) is 36.4 Å². The monoisotopic (exact) mass is 299 g/mol. The van der Waals surface area contributed by atoms with Gasteiger partial charge in [0, 0.05) is 22.6 Å². The van der Waals surface area contributed by atoms with Crippen molar-refractivity contribution >= 4 is 28.2 Å². The fourth-order valence-electron chi connectivity index (χ4n) is 2.21. The molecule has 0 radical (unpaired) electrons. The number of rotatable bonds is 4. The summed E-state index contributed by atoms with van der Waals surface area (Å²) in [6.45, 7) is 1.38. The summed E-state index contributed by atoms with van der Waals surface area (Å²) in [6, 6.07) is 15.0. The Kier molecular flexibility index (Phi) is 3.88. The van der Waals surface area contributed by atoms with Gasteiger partial charge in [-0.1, -0.05) is 23.7 Å². The average Bonchev–Trinajstić information content (AvgIpc) is 2.52. The predicted octanol–water partition coefficient (Wildman–Crippen LogP) is 3.16. The molecule has 5 heteroatoms. The van der Waals surface area contributed by atoms with Crippen LogP contribution in [-0.2, 0) is 6.54 Å². The van der Waals surface area contributed by atoms with Crippen LogP contribution in [-0.4, -0.2) is 16.3 Å². The van der Waals surface area contributed by atoms with Gasteiger partial charge in [0.1, 0.15) is 0 Å². The van der Waals surface area contributed by atoms with Crippen molar-refractivity contribution in [2.45, 2.75) is 6.54 Å². The van der Waals surface area contributed by atoms with E-state index in [-0.39, 0.29) is 5.43 Å². The van der Waals surface area contributed by atoms with Gasteiger partial charge in [0.25, 0.3) is 0 Å². The average molecular weight is 300 g/mol. The van der Waals surface area contributed by atoms with Crippen LogP contribution in [0.2, 0.25) is 5.02 Å². The lowest BCUT2D eigenvalue weighted by atomic mass is 10.2. The maximum Gasteiger partial charge on any atom is 0.207 e. The summed E-state index contributed by atoms with van der Waals surface area (Å²) in [4.78, 5) is 11.8. The van der Waals surface area contributed by atoms with Crippen LogP contribution >= 0.6 is 11.6 Å². The molecule has 106 valence electrons. The molecule has 0 amide bonds. The molecule has 4 nitrogen and oxygen atoms in total. The fraction of sp³-hybridized carbons (Fsp3) is 0.125. The Labute approximate surface area is 127 Å². The molecular weight excluding hydrogens is 286 g/mol. The summed E-state index contributed by atoms with van der Waals surface area (Å²) in [5.41, 5.74) is 1.81. The van der Waals surface area contributed by atoms with Gasteiger partial charge in [0.05, 0.1) is 18.3 Å². The Balaban J connectivity index is 1.75. The van der Waals surface area contributed by atoms with Crippen molar-refractivity contribution in [2.24, 2.45) is 0 Å². The maximum absolute atomic E-state index is 11.8. The predicted molar refractivity (Wildman–Crippen MR) is 85.9 cm³/mol. The highest BCUT2D eigenvalue weighted by atomic mass is 35.5. The molecule has 0 atom stereocenters. The Morgan fingerprint density at radius 3 is 2.67 bits per heavy atom. The number of hydrogen-bond donors (Lipinski definition) is 1. The molecule has 0 aliphatic rings. The van der Waals surface area contributed by atoms with E-state index < -0.39 is 0 Å². The normalized spacial score (nSPS) is 10.7. The minimum absolute atomic E-state index is 0.0486. The highest BCUT2D eigenvalue weighted by molar-refractivity contribution is 6.30. The van der Waals surface area contributed by atoms with Gasteiger partial charge in [-0.2, -0.15) is 5.10 Å². The maximum atomic E-state index is 11.8. The van der Waals surface area contributed by atoms with E-state index in [4.69, 9.17) is 11.6 Å². The number of halogens is 1. The smallest absolute Gasteiger partial charge is 0.207 e. The molecule has 0 saturated heterocycles. The highest BCUT2D eigenvalue weighted by Gasteiger charge is 2.02. The molecular formula is C16H14ClN3O. The second kappa shape index (κ2) is 5.97. The number of hydrogen-bond acceptors (Lipinski definition) is 3. The molecule has 3 aromatic rings. The molecule has 1 aromatic heterocycles. The van der Waals surface area contributed by atoms with Crippen LogP contribution < -0.4 is 10.7 Å². The summed E-state index contributed by atoms with van der Waals surface area (Å²) in [6.07, 6.45) is 1.37. The Hall–Kier alpha value is -2.33. The number of aromatic nitrogens is 2. The van der Waals surface area contributed by atoms with E-state index in [1.54, 1.807) is 0 Å². The first kappa shape index (κ1) is 13.6. The highest BCUT2D eigenvalue weighted by Crippen LogP contribution is 2.13. The first-order valence-corrected chi connectivity index (χ1v) is 7.06. The standard InChI is InChI=1S/C16H14ClN3O/c17-12-5-7-13(8-6-12)18-9-10-20-15-4-2-1-3-14(15)16(21)11-19-20/h1-8,11,18H,9-10H2. The first-order chi connectivity index (χ1) is 10.2. The van der Waals surface area contributed by atoms with E-state index in [2.05, 4.69) is 10.4 Å². The van der Waals surface area contributed by atoms with E-state index in [0.29, 0.717) is 23.5 Å². The topological polar surface area (TPSA) is 46.9 Å². The van der Waals surface area contributed by atoms with Gasteiger partial charge in [0.2, 0.25) is 5.43 Å². The van der Waals surface area contributed by atoms with Crippen molar-refractivity contribution in [3.05, 3.63) is 70.0 Å². The number of nitrogens with zero attached hydrogens (tertiary/aromatic N) is 2. The number of nitrogens with one attached hydrogen (secondary N) is 1. The van der Waals surface area contributed by atoms with Crippen molar-refractivity contribution in [3.8, 4) is 0 Å². The molecule has 1 heterocycles. The zero-order valence-corrected chi connectivity index (χ0v) is 12.0. The van der Waals surface area contributed by atoms with Crippen LogP contribution in [0.15, 0.2) is 59.5 Å². The molecule has 3 rings (SSSR count). The Morgan fingerprint density at radius 1 is 1.10 bits per heavy atom. The second-order valence-electron chi connectivity index (χ2n) is 4.68. The van der Waals surface area contributed by atoms with Crippen LogP contribution in [0.1, 0.15) is 0 Å². The molecule has 0 spiro atoms. The Morgan fingerprint density at radius 2 is 1.86 bits per heavy atom. The minimum atomic E-state index is -0.0486. The van der Waals surface area contributed by atoms with Crippen molar-refractivity contribution in [1.29, 1.82) is 0 Å². The van der Waals surface area contributed by atoms with Gasteiger partial charge < -0.3 is 5.32 Å². The third-order valence-electron chi connectivity index (χ3n) is 3.26. The van der Waals surface area contributed by atoms with Crippen LogP contribution in [0.3, 0.4) is 0 Å². The lowest BCUT2D eigenvalue weighted by Crippen LogP contribution is -2.17. The molecule has 0 saturated carbocycles. The van der Waals surface area contributed by atoms with E-state index >= 15 is 0 Å². The van der Waals surface area contributed by atoms with Crippen molar-refractivity contribution < 1.29 is 0 Å². The van der Waals surface area contributed by atoms with E-state index in [1.807, 2.05) is 53.2 Å². The van der Waals surface area contributed by atoms with Gasteiger partial charge in [-0.15, -0.1) is 0 Å². The van der Waals surface area contributed by atoms with E-state index in [9.17, 15) is 4.79 Å². The summed E-state index contributed by atoms with van der Waals surface area (Å²) in [7, 11) is 0. The summed E-state index contributed by atoms with van der Waals surface area (Å²) in [5.74, 6) is 0. The third-order valence-corrected chi connectivity index (χ3v) is 3.51. The van der Waals surface area contributed by atoms with Crippen LogP contribution in [0.4, 0.5) is 5.69 Å². The SMILES string of the molecule is O=c1cnn(CCNc2ccc(Cl)cc2)c2ccccc12. The molecule has 0 bridgehead atoms. The van der Waals surface area contributed by atoms with Crippen molar-refractivity contribution in [3.63, 3.8) is 0 Å². The lowest BCUT2D eigenvalue weighted by Gasteiger charge is -2.10. The number of para-hydroxylation sites is 1. The van der Waals surface area contributed by atoms with Gasteiger partial charge in [-0.25, -0.2) is 0 Å². The molecule has 0 aliphatic heterocycles. The zero-order valence-electron chi connectivity index (χ0n) is 11.3. The van der Waals surface area contributed by atoms with Gasteiger partial charge in [-0.3, -0.25) is 9.48 Å². The van der Waals surface area contributed by atoms with Gasteiger partial charge >= 0.3 is 0 Å². The third kappa shape index (κ3) is 3.06. The van der Waals surface area contributed by atoms with Crippen LogP contribution in [0.5, 0.6) is 0 Å². The minimum Gasteiger partial charge on any atom is -0.383 e. The van der Waals surface area contributed by atoms with Crippen molar-refractivity contribution in [2.75, 3.05) is 11.9 Å². The number of fused-ring (bicyclic) bond motifs is 1. The molecule has 1 N–H and O–H groups in total. The summed E-state index contributed by atoms with van der Waals surface area (Å²) in [5, 5.41) is 8.91. The summed E-state index contributed by atoms with van der Waals surface area (Å²) < 4.78 is 1.83. The van der Waals surface area contributed by atoms with Gasteiger partial charge in [0.15, 0.2) is 0 Å². The molecule has 0 unspecified atom stereocenters. The fourth-order valence-corrected chi connectivity index (χ4v) is 2.34. The largest absolute Gasteiger partial charge is 0.383 e. The summed E-state index contributed by atoms with van der Waals surface area (Å²) >= 11 is 5.85. The lowest BCUT2D eigenvalue weighted by molar-refractivity contribution is 0.646. The molecule has 0 aliphatic carbocycles. The second-order valence-corrected chi connectivity index (χ2v) is 5.12. The van der Waals surface area contributed by atoms with Crippen molar-refractivity contribution in [1.82, 2.24) is 9.78 Å². The zero-order chi connectivity index (χ0) is 14.7. The molecule has 21 heavy (non-hydrogen) atoms. The molecule has 2 aromatic carbocycles. The number of benzene rings is 2.